The van der Waals surface area contributed by atoms with Crippen LogP contribution in [0.25, 0.3) is 0 Å². The van der Waals surface area contributed by atoms with Gasteiger partial charge in [0.1, 0.15) is 11.6 Å². The Bertz CT molecular complexity index is 537. The fraction of sp³-hybridized carbons (Fsp3) is 0.357. The molecular weight excluding hydrogens is 264 g/mol. The first-order valence-corrected chi connectivity index (χ1v) is 6.38. The van der Waals surface area contributed by atoms with Gasteiger partial charge in [-0.3, -0.25) is 0 Å². The first-order valence-electron chi connectivity index (χ1n) is 6.38. The number of nitrogens with zero attached hydrogens (tertiary/aromatic N) is 2. The van der Waals surface area contributed by atoms with Gasteiger partial charge in [0.05, 0.1) is 6.61 Å². The van der Waals surface area contributed by atoms with Crippen molar-refractivity contribution in [3.63, 3.8) is 0 Å². The molecular formula is C14H17F2N3O. The quantitative estimate of drug-likeness (QED) is 0.847. The van der Waals surface area contributed by atoms with Crippen LogP contribution in [-0.4, -0.2) is 29.8 Å². The summed E-state index contributed by atoms with van der Waals surface area (Å²) in [7, 11) is 1.64. The average Bonchev–Trinajstić information content (AvgIpc) is 2.83. The van der Waals surface area contributed by atoms with E-state index in [-0.39, 0.29) is 0 Å². The predicted octanol–water partition coefficient (Wildman–Crippen LogP) is 2.46. The lowest BCUT2D eigenvalue weighted by molar-refractivity contribution is 0.187. The van der Waals surface area contributed by atoms with Gasteiger partial charge in [-0.05, 0) is 24.1 Å². The van der Waals surface area contributed by atoms with Crippen molar-refractivity contribution in [1.82, 2.24) is 9.55 Å². The van der Waals surface area contributed by atoms with Crippen LogP contribution in [0, 0.1) is 11.6 Å². The zero-order valence-electron chi connectivity index (χ0n) is 11.3. The van der Waals surface area contributed by atoms with Crippen LogP contribution in [0.15, 0.2) is 30.6 Å². The van der Waals surface area contributed by atoms with Crippen molar-refractivity contribution >= 4 is 5.95 Å². The van der Waals surface area contributed by atoms with Gasteiger partial charge in [-0.25, -0.2) is 13.8 Å². The van der Waals surface area contributed by atoms with E-state index >= 15 is 0 Å². The molecule has 1 heterocycles. The Labute approximate surface area is 116 Å². The third-order valence-corrected chi connectivity index (χ3v) is 2.87. The number of imidazole rings is 1. The first-order chi connectivity index (χ1) is 9.69. The molecule has 0 aliphatic heterocycles. The van der Waals surface area contributed by atoms with Crippen LogP contribution in [-0.2, 0) is 17.7 Å². The largest absolute Gasteiger partial charge is 0.383 e. The highest BCUT2D eigenvalue weighted by Crippen LogP contribution is 2.09. The molecule has 4 nitrogen and oxygen atoms in total. The highest BCUT2D eigenvalue weighted by Gasteiger charge is 2.03. The fourth-order valence-corrected chi connectivity index (χ4v) is 1.92. The van der Waals surface area contributed by atoms with Gasteiger partial charge in [0, 0.05) is 38.7 Å². The van der Waals surface area contributed by atoms with Crippen molar-refractivity contribution in [2.24, 2.45) is 0 Å². The molecule has 0 amide bonds. The van der Waals surface area contributed by atoms with Gasteiger partial charge in [-0.2, -0.15) is 0 Å². The van der Waals surface area contributed by atoms with Gasteiger partial charge in [0.2, 0.25) is 5.95 Å². The van der Waals surface area contributed by atoms with Gasteiger partial charge in [-0.1, -0.05) is 0 Å². The number of hydrogen-bond donors (Lipinski definition) is 1. The zero-order valence-corrected chi connectivity index (χ0v) is 11.3. The molecule has 0 radical (unpaired) electrons. The number of anilines is 1. The Morgan fingerprint density at radius 3 is 2.70 bits per heavy atom. The molecule has 0 spiro atoms. The molecule has 2 rings (SSSR count). The van der Waals surface area contributed by atoms with Crippen LogP contribution in [0.2, 0.25) is 0 Å². The van der Waals surface area contributed by atoms with Crippen molar-refractivity contribution < 1.29 is 13.5 Å². The molecule has 0 bridgehead atoms. The van der Waals surface area contributed by atoms with Gasteiger partial charge in [-0.15, -0.1) is 0 Å². The van der Waals surface area contributed by atoms with Crippen LogP contribution >= 0.6 is 0 Å². The van der Waals surface area contributed by atoms with Crippen molar-refractivity contribution in [3.8, 4) is 0 Å². The molecule has 1 aromatic heterocycles. The molecule has 1 N–H and O–H groups in total. The van der Waals surface area contributed by atoms with Crippen molar-refractivity contribution in [1.29, 1.82) is 0 Å². The van der Waals surface area contributed by atoms with Crippen molar-refractivity contribution in [3.05, 3.63) is 47.8 Å². The highest BCUT2D eigenvalue weighted by molar-refractivity contribution is 5.27. The number of rotatable bonds is 7. The van der Waals surface area contributed by atoms with E-state index < -0.39 is 11.6 Å². The molecule has 1 aromatic carbocycles. The van der Waals surface area contributed by atoms with E-state index in [9.17, 15) is 8.78 Å². The summed E-state index contributed by atoms with van der Waals surface area (Å²) < 4.78 is 33.0. The summed E-state index contributed by atoms with van der Waals surface area (Å²) in [5.74, 6) is -0.387. The Hall–Kier alpha value is -1.95. The van der Waals surface area contributed by atoms with Gasteiger partial charge < -0.3 is 14.6 Å². The molecule has 6 heteroatoms. The monoisotopic (exact) mass is 281 g/mol. The van der Waals surface area contributed by atoms with E-state index in [2.05, 4.69) is 10.3 Å². The number of benzene rings is 1. The van der Waals surface area contributed by atoms with Crippen molar-refractivity contribution in [2.45, 2.75) is 13.0 Å². The molecule has 0 aliphatic carbocycles. The van der Waals surface area contributed by atoms with E-state index in [1.54, 1.807) is 13.3 Å². The number of hydrogen-bond acceptors (Lipinski definition) is 3. The molecule has 0 atom stereocenters. The van der Waals surface area contributed by atoms with Gasteiger partial charge in [0.25, 0.3) is 0 Å². The standard InChI is InChI=1S/C14H17F2N3O/c1-20-7-6-19-5-4-18-14(19)17-3-2-11-8-12(15)10-13(16)9-11/h4-5,8-10H,2-3,6-7H2,1H3,(H,17,18). The lowest BCUT2D eigenvalue weighted by Gasteiger charge is -2.09. The zero-order chi connectivity index (χ0) is 14.4. The SMILES string of the molecule is COCCn1ccnc1NCCc1cc(F)cc(F)c1. The van der Waals surface area contributed by atoms with E-state index in [0.29, 0.717) is 31.7 Å². The van der Waals surface area contributed by atoms with E-state index in [1.807, 2.05) is 10.8 Å². The van der Waals surface area contributed by atoms with Crippen LogP contribution < -0.4 is 5.32 Å². The average molecular weight is 281 g/mol. The Kier molecular flexibility index (Phi) is 5.06. The summed E-state index contributed by atoms with van der Waals surface area (Å²) in [5, 5.41) is 3.14. The molecule has 20 heavy (non-hydrogen) atoms. The number of halogens is 2. The molecule has 0 saturated carbocycles. The second kappa shape index (κ2) is 7.00. The number of aromatic nitrogens is 2. The Balaban J connectivity index is 1.88. The van der Waals surface area contributed by atoms with E-state index in [0.717, 1.165) is 12.0 Å². The molecule has 108 valence electrons. The van der Waals surface area contributed by atoms with Crippen LogP contribution in [0.4, 0.5) is 14.7 Å². The maximum atomic E-state index is 13.0. The molecule has 0 unspecified atom stereocenters. The van der Waals surface area contributed by atoms with Crippen molar-refractivity contribution in [2.75, 3.05) is 25.6 Å². The summed E-state index contributed by atoms with van der Waals surface area (Å²) in [4.78, 5) is 4.18. The lowest BCUT2D eigenvalue weighted by Crippen LogP contribution is -2.12. The van der Waals surface area contributed by atoms with Gasteiger partial charge >= 0.3 is 0 Å². The third kappa shape index (κ3) is 4.03. The molecule has 0 aliphatic rings. The smallest absolute Gasteiger partial charge is 0.202 e. The Morgan fingerprint density at radius 2 is 2.00 bits per heavy atom. The normalized spacial score (nSPS) is 10.8. The van der Waals surface area contributed by atoms with E-state index in [4.69, 9.17) is 4.74 Å². The van der Waals surface area contributed by atoms with E-state index in [1.165, 1.54) is 12.1 Å². The van der Waals surface area contributed by atoms with Gasteiger partial charge in [0.15, 0.2) is 0 Å². The summed E-state index contributed by atoms with van der Waals surface area (Å²) in [5.41, 5.74) is 0.616. The van der Waals surface area contributed by atoms with Crippen LogP contribution in [0.3, 0.4) is 0 Å². The number of methoxy groups -OCH3 is 1. The second-order valence-electron chi connectivity index (χ2n) is 4.39. The molecule has 0 fully saturated rings. The van der Waals surface area contributed by atoms with Crippen LogP contribution in [0.5, 0.6) is 0 Å². The predicted molar refractivity (Wildman–Crippen MR) is 72.7 cm³/mol. The Morgan fingerprint density at radius 1 is 1.25 bits per heavy atom. The summed E-state index contributed by atoms with van der Waals surface area (Å²) >= 11 is 0. The topological polar surface area (TPSA) is 39.1 Å². The fourth-order valence-electron chi connectivity index (χ4n) is 1.92. The second-order valence-corrected chi connectivity index (χ2v) is 4.39. The minimum Gasteiger partial charge on any atom is -0.383 e. The lowest BCUT2D eigenvalue weighted by atomic mass is 10.1. The first kappa shape index (κ1) is 14.5. The number of ether oxygens (including phenoxy) is 1. The summed E-state index contributed by atoms with van der Waals surface area (Å²) in [6, 6.07) is 3.54. The minimum absolute atomic E-state index is 0.520. The summed E-state index contributed by atoms with van der Waals surface area (Å²) in [6.45, 7) is 1.85. The summed E-state index contributed by atoms with van der Waals surface area (Å²) in [6.07, 6.45) is 4.06. The molecule has 2 aromatic rings. The van der Waals surface area contributed by atoms with Crippen LogP contribution in [0.1, 0.15) is 5.56 Å². The maximum Gasteiger partial charge on any atom is 0.202 e. The molecule has 0 saturated heterocycles. The minimum atomic E-state index is -0.554. The maximum absolute atomic E-state index is 13.0. The number of nitrogens with one attached hydrogen (secondary N) is 1. The third-order valence-electron chi connectivity index (χ3n) is 2.87. The highest BCUT2D eigenvalue weighted by atomic mass is 19.1.